The zero-order valence-electron chi connectivity index (χ0n) is 11.6. The molecule has 1 heterocycles. The number of fused-ring (bicyclic) bond motifs is 1. The van der Waals surface area contributed by atoms with Crippen molar-refractivity contribution in [3.63, 3.8) is 0 Å². The van der Waals surface area contributed by atoms with Gasteiger partial charge in [-0.3, -0.25) is 9.48 Å². The first-order chi connectivity index (χ1) is 9.65. The van der Waals surface area contributed by atoms with Crippen LogP contribution in [0.2, 0.25) is 0 Å². The smallest absolute Gasteiger partial charge is 0.324 e. The molecule has 2 rings (SSSR count). The molecule has 1 aromatic carbocycles. The monoisotopic (exact) mass is 422 g/mol. The lowest BCUT2D eigenvalue weighted by Crippen LogP contribution is -2.43. The summed E-state index contributed by atoms with van der Waals surface area (Å²) in [7, 11) is -3.72. The highest BCUT2D eigenvalue weighted by molar-refractivity contribution is 14.1. The second-order valence-corrected chi connectivity index (χ2v) is 8.82. The summed E-state index contributed by atoms with van der Waals surface area (Å²) >= 11 is 2.20. The Labute approximate surface area is 136 Å². The lowest BCUT2D eigenvalue weighted by Gasteiger charge is -2.22. The molecule has 0 amide bonds. The molecule has 0 radical (unpaired) electrons. The molecule has 21 heavy (non-hydrogen) atoms. The second kappa shape index (κ2) is 5.56. The Kier molecular flexibility index (Phi) is 4.29. The van der Waals surface area contributed by atoms with Gasteiger partial charge in [0.1, 0.15) is 0 Å². The third kappa shape index (κ3) is 3.05. The number of carbonyl (C=O) groups is 1. The molecule has 6 nitrogen and oxygen atoms in total. The van der Waals surface area contributed by atoms with Crippen LogP contribution in [0.3, 0.4) is 0 Å². The summed E-state index contributed by atoms with van der Waals surface area (Å²) < 4.78 is 24.4. The highest BCUT2D eigenvalue weighted by atomic mass is 127. The fourth-order valence-corrected chi connectivity index (χ4v) is 3.30. The largest absolute Gasteiger partial charge is 0.480 e. The SMILES string of the molecule is C[C@@](CCn1ncc2cc(I)ccc21)(C(=O)O)S(C)(=O)=O. The van der Waals surface area contributed by atoms with Crippen LogP contribution in [-0.4, -0.2) is 40.3 Å². The fraction of sp³-hybridized carbons (Fsp3) is 0.385. The predicted octanol–water partition coefficient (Wildman–Crippen LogP) is 1.92. The van der Waals surface area contributed by atoms with Crippen LogP contribution in [0.15, 0.2) is 24.4 Å². The van der Waals surface area contributed by atoms with E-state index in [9.17, 15) is 18.3 Å². The van der Waals surface area contributed by atoms with Crippen molar-refractivity contribution in [3.8, 4) is 0 Å². The van der Waals surface area contributed by atoms with E-state index in [2.05, 4.69) is 27.7 Å². The number of aromatic nitrogens is 2. The summed E-state index contributed by atoms with van der Waals surface area (Å²) in [6.07, 6.45) is 2.60. The minimum atomic E-state index is -3.72. The van der Waals surface area contributed by atoms with Gasteiger partial charge in [-0.2, -0.15) is 5.10 Å². The van der Waals surface area contributed by atoms with E-state index in [-0.39, 0.29) is 13.0 Å². The van der Waals surface area contributed by atoms with Gasteiger partial charge in [0, 0.05) is 21.8 Å². The average molecular weight is 422 g/mol. The van der Waals surface area contributed by atoms with Crippen LogP contribution in [0.4, 0.5) is 0 Å². The first kappa shape index (κ1) is 16.2. The van der Waals surface area contributed by atoms with Crippen molar-refractivity contribution in [2.75, 3.05) is 6.26 Å². The number of aryl methyl sites for hydroxylation is 1. The Hall–Kier alpha value is -1.16. The standard InChI is InChI=1S/C13H15IN2O4S/c1-13(12(17)18,21(2,19)20)5-6-16-11-4-3-10(14)7-9(11)8-15-16/h3-4,7-8H,5-6H2,1-2H3,(H,17,18)/t13-/m1/s1. The lowest BCUT2D eigenvalue weighted by molar-refractivity contribution is -0.139. The Bertz CT molecular complexity index is 800. The molecule has 0 spiro atoms. The number of benzene rings is 1. The number of rotatable bonds is 5. The number of hydrogen-bond acceptors (Lipinski definition) is 4. The number of carboxylic acid groups (broad SMARTS) is 1. The van der Waals surface area contributed by atoms with Gasteiger partial charge >= 0.3 is 5.97 Å². The minimum Gasteiger partial charge on any atom is -0.480 e. The van der Waals surface area contributed by atoms with E-state index in [0.29, 0.717) is 0 Å². The highest BCUT2D eigenvalue weighted by Crippen LogP contribution is 2.24. The third-order valence-corrected chi connectivity index (χ3v) is 6.36. The molecule has 114 valence electrons. The molecular formula is C13H15IN2O4S. The summed E-state index contributed by atoms with van der Waals surface area (Å²) in [6.45, 7) is 1.46. The number of carboxylic acids is 1. The summed E-state index contributed by atoms with van der Waals surface area (Å²) in [5.41, 5.74) is 0.858. The molecule has 1 atom stereocenters. The Balaban J connectivity index is 2.31. The van der Waals surface area contributed by atoms with E-state index in [0.717, 1.165) is 20.7 Å². The van der Waals surface area contributed by atoms with Crippen molar-refractivity contribution in [2.24, 2.45) is 0 Å². The van der Waals surface area contributed by atoms with Crippen molar-refractivity contribution in [2.45, 2.75) is 24.6 Å². The molecule has 2 aromatic rings. The van der Waals surface area contributed by atoms with Gasteiger partial charge in [-0.05, 0) is 54.1 Å². The van der Waals surface area contributed by atoms with Gasteiger partial charge in [-0.25, -0.2) is 8.42 Å². The summed E-state index contributed by atoms with van der Waals surface area (Å²) in [5.74, 6) is -1.34. The van der Waals surface area contributed by atoms with E-state index < -0.39 is 20.6 Å². The summed E-state index contributed by atoms with van der Waals surface area (Å²) in [5, 5.41) is 14.4. The Morgan fingerprint density at radius 1 is 1.48 bits per heavy atom. The van der Waals surface area contributed by atoms with Crippen LogP contribution in [0.25, 0.3) is 10.9 Å². The second-order valence-electron chi connectivity index (χ2n) is 5.13. The number of halogens is 1. The van der Waals surface area contributed by atoms with Gasteiger partial charge in [0.05, 0.1) is 11.7 Å². The molecule has 1 N–H and O–H groups in total. The maximum absolute atomic E-state index is 11.8. The van der Waals surface area contributed by atoms with E-state index in [1.165, 1.54) is 6.92 Å². The van der Waals surface area contributed by atoms with Gasteiger partial charge in [0.15, 0.2) is 14.6 Å². The zero-order valence-corrected chi connectivity index (χ0v) is 14.6. The van der Waals surface area contributed by atoms with Crippen molar-refractivity contribution in [3.05, 3.63) is 28.0 Å². The van der Waals surface area contributed by atoms with E-state index in [4.69, 9.17) is 0 Å². The molecule has 0 aliphatic carbocycles. The van der Waals surface area contributed by atoms with Gasteiger partial charge in [-0.15, -0.1) is 0 Å². The molecule has 0 aliphatic rings. The molecule has 0 saturated carbocycles. The van der Waals surface area contributed by atoms with Gasteiger partial charge in [0.25, 0.3) is 0 Å². The van der Waals surface area contributed by atoms with Gasteiger partial charge in [0.2, 0.25) is 0 Å². The topological polar surface area (TPSA) is 89.3 Å². The van der Waals surface area contributed by atoms with Crippen molar-refractivity contribution in [1.29, 1.82) is 0 Å². The van der Waals surface area contributed by atoms with E-state index >= 15 is 0 Å². The molecule has 0 fully saturated rings. The van der Waals surface area contributed by atoms with Crippen LogP contribution < -0.4 is 0 Å². The number of sulfone groups is 1. The van der Waals surface area contributed by atoms with Gasteiger partial charge < -0.3 is 5.11 Å². The molecule has 0 saturated heterocycles. The number of aliphatic carboxylic acids is 1. The minimum absolute atomic E-state index is 0.0378. The Morgan fingerprint density at radius 2 is 2.14 bits per heavy atom. The summed E-state index contributed by atoms with van der Waals surface area (Å²) in [6, 6.07) is 5.78. The van der Waals surface area contributed by atoms with Crippen LogP contribution >= 0.6 is 22.6 Å². The third-order valence-electron chi connectivity index (χ3n) is 3.68. The summed E-state index contributed by atoms with van der Waals surface area (Å²) in [4.78, 5) is 11.3. The first-order valence-electron chi connectivity index (χ1n) is 6.19. The van der Waals surface area contributed by atoms with E-state index in [1.54, 1.807) is 10.9 Å². The molecular weight excluding hydrogens is 407 g/mol. The Morgan fingerprint density at radius 3 is 2.71 bits per heavy atom. The van der Waals surface area contributed by atoms with Crippen LogP contribution in [0, 0.1) is 3.57 Å². The first-order valence-corrected chi connectivity index (χ1v) is 9.16. The molecule has 8 heteroatoms. The van der Waals surface area contributed by atoms with Crippen LogP contribution in [0.5, 0.6) is 0 Å². The number of nitrogens with zero attached hydrogens (tertiary/aromatic N) is 2. The van der Waals surface area contributed by atoms with Crippen molar-refractivity contribution < 1.29 is 18.3 Å². The van der Waals surface area contributed by atoms with Gasteiger partial charge in [-0.1, -0.05) is 0 Å². The van der Waals surface area contributed by atoms with Crippen molar-refractivity contribution >= 4 is 49.3 Å². The maximum Gasteiger partial charge on any atom is 0.324 e. The fourth-order valence-electron chi connectivity index (χ4n) is 2.01. The average Bonchev–Trinajstić information content (AvgIpc) is 2.76. The molecule has 0 bridgehead atoms. The molecule has 1 aromatic heterocycles. The zero-order chi connectivity index (χ0) is 15.8. The molecule has 0 unspecified atom stereocenters. The van der Waals surface area contributed by atoms with E-state index in [1.807, 2.05) is 18.2 Å². The molecule has 0 aliphatic heterocycles. The normalized spacial score (nSPS) is 15.0. The number of hydrogen-bond donors (Lipinski definition) is 1. The van der Waals surface area contributed by atoms with Crippen LogP contribution in [-0.2, 0) is 21.2 Å². The highest BCUT2D eigenvalue weighted by Gasteiger charge is 2.43. The lowest BCUT2D eigenvalue weighted by atomic mass is 10.1. The predicted molar refractivity (Wildman–Crippen MR) is 88.0 cm³/mol. The maximum atomic E-state index is 11.8. The quantitative estimate of drug-likeness (QED) is 0.744. The van der Waals surface area contributed by atoms with Crippen LogP contribution in [0.1, 0.15) is 13.3 Å². The van der Waals surface area contributed by atoms with Crippen molar-refractivity contribution in [1.82, 2.24) is 9.78 Å².